The van der Waals surface area contributed by atoms with Crippen molar-refractivity contribution < 1.29 is 5.11 Å². The molecule has 122 valence electrons. The number of nitrogens with zero attached hydrogens (tertiary/aromatic N) is 4. The lowest BCUT2D eigenvalue weighted by Crippen LogP contribution is -2.37. The molecule has 0 atom stereocenters. The van der Waals surface area contributed by atoms with Gasteiger partial charge in [-0.05, 0) is 73.5 Å². The molecular weight excluding hydrogens is 358 g/mol. The summed E-state index contributed by atoms with van der Waals surface area (Å²) in [4.78, 5) is 4.19. The topological polar surface area (TPSA) is 86.2 Å². The maximum absolute atomic E-state index is 10.1. The molecule has 3 rings (SSSR count). The van der Waals surface area contributed by atoms with Crippen molar-refractivity contribution in [2.45, 2.75) is 51.2 Å². The van der Waals surface area contributed by atoms with Crippen LogP contribution in [-0.2, 0) is 0 Å². The fourth-order valence-corrected chi connectivity index (χ4v) is 3.65. The van der Waals surface area contributed by atoms with Crippen LogP contribution in [0.4, 0.5) is 5.82 Å². The molecular formula is C16H20BrN5O. The first-order valence-corrected chi connectivity index (χ1v) is 8.62. The molecule has 0 saturated heterocycles. The second-order valence-electron chi connectivity index (χ2n) is 6.70. The molecule has 1 aliphatic carbocycles. The summed E-state index contributed by atoms with van der Waals surface area (Å²) in [5, 5.41) is 27.1. The van der Waals surface area contributed by atoms with Crippen LogP contribution in [0, 0.1) is 17.2 Å². The van der Waals surface area contributed by atoms with Gasteiger partial charge >= 0.3 is 0 Å². The van der Waals surface area contributed by atoms with E-state index in [4.69, 9.17) is 5.26 Å². The molecule has 0 aliphatic heterocycles. The highest BCUT2D eigenvalue weighted by molar-refractivity contribution is 9.10. The molecule has 1 saturated carbocycles. The first-order chi connectivity index (χ1) is 10.9. The normalized spacial score (nSPS) is 22.0. The van der Waals surface area contributed by atoms with Gasteiger partial charge in [-0.15, -0.1) is 5.10 Å². The monoisotopic (exact) mass is 377 g/mol. The van der Waals surface area contributed by atoms with Gasteiger partial charge in [0.15, 0.2) is 11.3 Å². The van der Waals surface area contributed by atoms with Gasteiger partial charge in [0.2, 0.25) is 0 Å². The van der Waals surface area contributed by atoms with Gasteiger partial charge in [-0.3, -0.25) is 0 Å². The number of anilines is 1. The van der Waals surface area contributed by atoms with Crippen molar-refractivity contribution >= 4 is 27.4 Å². The van der Waals surface area contributed by atoms with E-state index in [0.717, 1.165) is 31.5 Å². The van der Waals surface area contributed by atoms with E-state index >= 15 is 0 Å². The second kappa shape index (κ2) is 6.10. The van der Waals surface area contributed by atoms with Crippen molar-refractivity contribution in [3.63, 3.8) is 0 Å². The molecule has 1 fully saturated rings. The van der Waals surface area contributed by atoms with E-state index in [2.05, 4.69) is 31.3 Å². The van der Waals surface area contributed by atoms with E-state index in [0.29, 0.717) is 27.9 Å². The summed E-state index contributed by atoms with van der Waals surface area (Å²) >= 11 is 3.36. The number of halogens is 1. The van der Waals surface area contributed by atoms with Crippen molar-refractivity contribution in [2.75, 3.05) is 5.32 Å². The van der Waals surface area contributed by atoms with E-state index in [-0.39, 0.29) is 0 Å². The number of aliphatic hydroxyl groups is 1. The van der Waals surface area contributed by atoms with Crippen LogP contribution in [0.15, 0.2) is 16.7 Å². The Kier molecular flexibility index (Phi) is 4.30. The molecule has 2 aromatic rings. The summed E-state index contributed by atoms with van der Waals surface area (Å²) in [7, 11) is 0. The predicted molar refractivity (Wildman–Crippen MR) is 91.1 cm³/mol. The van der Waals surface area contributed by atoms with Gasteiger partial charge in [-0.1, -0.05) is 0 Å². The Morgan fingerprint density at radius 2 is 2.04 bits per heavy atom. The Morgan fingerprint density at radius 3 is 2.65 bits per heavy atom. The van der Waals surface area contributed by atoms with Crippen LogP contribution in [-0.4, -0.2) is 31.3 Å². The van der Waals surface area contributed by atoms with Crippen molar-refractivity contribution in [1.29, 1.82) is 5.26 Å². The summed E-state index contributed by atoms with van der Waals surface area (Å²) in [6.45, 7) is 3.79. The van der Waals surface area contributed by atoms with Gasteiger partial charge in [0.05, 0.1) is 5.60 Å². The quantitative estimate of drug-likeness (QED) is 0.857. The first-order valence-electron chi connectivity index (χ1n) is 7.83. The van der Waals surface area contributed by atoms with E-state index in [1.54, 1.807) is 4.52 Å². The molecule has 7 heteroatoms. The fraction of sp³-hybridized carbons (Fsp3) is 0.562. The van der Waals surface area contributed by atoms with Gasteiger partial charge in [0, 0.05) is 6.04 Å². The highest BCUT2D eigenvalue weighted by atomic mass is 79.9. The standard InChI is InChI=1S/C16H20BrN5O/c1-16(2,23)10-3-5-11(6-4-10)19-13-7-8-14-20-12(9-18)15(17)22(14)21-13/h7-8,10-11,23H,3-6H2,1-2H3,(H,19,21). The average molecular weight is 378 g/mol. The van der Waals surface area contributed by atoms with Crippen LogP contribution in [0.5, 0.6) is 0 Å². The maximum Gasteiger partial charge on any atom is 0.175 e. The Balaban J connectivity index is 1.71. The molecule has 6 nitrogen and oxygen atoms in total. The largest absolute Gasteiger partial charge is 0.390 e. The van der Waals surface area contributed by atoms with E-state index in [9.17, 15) is 5.11 Å². The number of nitrogens with one attached hydrogen (secondary N) is 1. The summed E-state index contributed by atoms with van der Waals surface area (Å²) in [6, 6.07) is 6.14. The molecule has 0 radical (unpaired) electrons. The fourth-order valence-electron chi connectivity index (χ4n) is 3.21. The lowest BCUT2D eigenvalue weighted by atomic mass is 9.77. The molecule has 23 heavy (non-hydrogen) atoms. The van der Waals surface area contributed by atoms with Crippen molar-refractivity contribution in [1.82, 2.24) is 14.6 Å². The van der Waals surface area contributed by atoms with Gasteiger partial charge in [0.25, 0.3) is 0 Å². The van der Waals surface area contributed by atoms with Gasteiger partial charge in [-0.2, -0.15) is 5.26 Å². The van der Waals surface area contributed by atoms with Crippen molar-refractivity contribution in [3.05, 3.63) is 22.4 Å². The Hall–Kier alpha value is -1.65. The molecule has 0 unspecified atom stereocenters. The smallest absolute Gasteiger partial charge is 0.175 e. The van der Waals surface area contributed by atoms with Crippen LogP contribution in [0.3, 0.4) is 0 Å². The minimum Gasteiger partial charge on any atom is -0.390 e. The first kappa shape index (κ1) is 16.2. The second-order valence-corrected chi connectivity index (χ2v) is 7.45. The number of hydrogen-bond donors (Lipinski definition) is 2. The molecule has 2 N–H and O–H groups in total. The minimum absolute atomic E-state index is 0.334. The third-order valence-electron chi connectivity index (χ3n) is 4.61. The zero-order chi connectivity index (χ0) is 16.6. The zero-order valence-electron chi connectivity index (χ0n) is 13.3. The predicted octanol–water partition coefficient (Wildman–Crippen LogP) is 3.11. The zero-order valence-corrected chi connectivity index (χ0v) is 14.8. The number of aromatic nitrogens is 3. The molecule has 1 aliphatic rings. The molecule has 2 aromatic heterocycles. The Bertz CT molecular complexity index is 750. The lowest BCUT2D eigenvalue weighted by molar-refractivity contribution is -0.000405. The SMILES string of the molecule is CC(C)(O)C1CCC(Nc2ccc3nc(C#N)c(Br)n3n2)CC1. The molecule has 0 spiro atoms. The maximum atomic E-state index is 10.1. The van der Waals surface area contributed by atoms with Gasteiger partial charge in [0.1, 0.15) is 16.5 Å². The number of nitriles is 1. The van der Waals surface area contributed by atoms with Crippen molar-refractivity contribution in [3.8, 4) is 6.07 Å². The van der Waals surface area contributed by atoms with Crippen LogP contribution >= 0.6 is 15.9 Å². The molecule has 0 amide bonds. The summed E-state index contributed by atoms with van der Waals surface area (Å²) in [5.74, 6) is 1.13. The number of fused-ring (bicyclic) bond motifs is 1. The summed E-state index contributed by atoms with van der Waals surface area (Å²) in [5.41, 5.74) is 0.377. The third kappa shape index (κ3) is 3.33. The van der Waals surface area contributed by atoms with E-state index in [1.165, 1.54) is 0 Å². The third-order valence-corrected chi connectivity index (χ3v) is 5.32. The number of hydrogen-bond acceptors (Lipinski definition) is 5. The number of imidazole rings is 1. The van der Waals surface area contributed by atoms with Crippen molar-refractivity contribution in [2.24, 2.45) is 5.92 Å². The summed E-state index contributed by atoms with van der Waals surface area (Å²) in [6.07, 6.45) is 4.05. The van der Waals surface area contributed by atoms with Crippen LogP contribution in [0.1, 0.15) is 45.2 Å². The van der Waals surface area contributed by atoms with Crippen LogP contribution in [0.25, 0.3) is 5.65 Å². The van der Waals surface area contributed by atoms with Gasteiger partial charge < -0.3 is 10.4 Å². The lowest BCUT2D eigenvalue weighted by Gasteiger charge is -2.36. The average Bonchev–Trinajstić information content (AvgIpc) is 2.83. The molecule has 0 bridgehead atoms. The Morgan fingerprint density at radius 1 is 1.35 bits per heavy atom. The summed E-state index contributed by atoms with van der Waals surface area (Å²) < 4.78 is 2.20. The highest BCUT2D eigenvalue weighted by Gasteiger charge is 2.31. The Labute approximate surface area is 143 Å². The minimum atomic E-state index is -0.600. The van der Waals surface area contributed by atoms with E-state index in [1.807, 2.05) is 32.0 Å². The molecule has 0 aromatic carbocycles. The van der Waals surface area contributed by atoms with Crippen LogP contribution < -0.4 is 5.32 Å². The van der Waals surface area contributed by atoms with Gasteiger partial charge in [-0.25, -0.2) is 9.50 Å². The van der Waals surface area contributed by atoms with Crippen LogP contribution in [0.2, 0.25) is 0 Å². The number of rotatable bonds is 3. The highest BCUT2D eigenvalue weighted by Crippen LogP contribution is 2.33. The molecule has 2 heterocycles. The van der Waals surface area contributed by atoms with E-state index < -0.39 is 5.60 Å².